The van der Waals surface area contributed by atoms with E-state index in [0.29, 0.717) is 12.1 Å². The van der Waals surface area contributed by atoms with E-state index < -0.39 is 10.0 Å². The summed E-state index contributed by atoms with van der Waals surface area (Å²) in [6.45, 7) is 3.75. The van der Waals surface area contributed by atoms with Crippen LogP contribution in [0.4, 0.5) is 0 Å². The Labute approximate surface area is 85.5 Å². The van der Waals surface area contributed by atoms with Gasteiger partial charge >= 0.3 is 0 Å². The summed E-state index contributed by atoms with van der Waals surface area (Å²) in [6, 6.07) is 0. The van der Waals surface area contributed by atoms with Crippen molar-refractivity contribution in [2.24, 2.45) is 5.41 Å². The van der Waals surface area contributed by atoms with Crippen molar-refractivity contribution >= 4 is 10.0 Å². The van der Waals surface area contributed by atoms with Crippen molar-refractivity contribution in [1.82, 2.24) is 10.0 Å². The van der Waals surface area contributed by atoms with Crippen LogP contribution >= 0.6 is 0 Å². The Kier molecular flexibility index (Phi) is 2.18. The Hall–Kier alpha value is -0.130. The minimum Gasteiger partial charge on any atom is -0.311 e. The number of hydrogen-bond donors (Lipinski definition) is 2. The highest BCUT2D eigenvalue weighted by atomic mass is 32.2. The van der Waals surface area contributed by atoms with Crippen molar-refractivity contribution in [3.63, 3.8) is 0 Å². The Morgan fingerprint density at radius 1 is 1.29 bits per heavy atom. The van der Waals surface area contributed by atoms with Gasteiger partial charge in [0.2, 0.25) is 10.0 Å². The lowest BCUT2D eigenvalue weighted by atomic mass is 9.39. The summed E-state index contributed by atoms with van der Waals surface area (Å²) in [5.41, 5.74) is 0.652. The summed E-state index contributed by atoms with van der Waals surface area (Å²) < 4.78 is 24.4. The van der Waals surface area contributed by atoms with Crippen LogP contribution in [0.5, 0.6) is 0 Å². The highest BCUT2D eigenvalue weighted by Gasteiger charge is 2.66. The van der Waals surface area contributed by atoms with Crippen LogP contribution in [0.3, 0.4) is 0 Å². The lowest BCUT2D eigenvalue weighted by molar-refractivity contribution is -0.147. The SMILES string of the molecule is CCNC12CC(CNS(C)(=O)=O)(C1)C2. The van der Waals surface area contributed by atoms with E-state index in [4.69, 9.17) is 0 Å². The summed E-state index contributed by atoms with van der Waals surface area (Å²) in [5, 5.41) is 3.47. The second-order valence-corrected chi connectivity index (χ2v) is 6.77. The molecular weight excluding hydrogens is 200 g/mol. The maximum Gasteiger partial charge on any atom is 0.208 e. The predicted molar refractivity (Wildman–Crippen MR) is 55.5 cm³/mol. The molecule has 5 heteroatoms. The predicted octanol–water partition coefficient (Wildman–Crippen LogP) is 0.0678. The molecule has 0 spiro atoms. The first-order valence-electron chi connectivity index (χ1n) is 5.08. The van der Waals surface area contributed by atoms with E-state index in [1.807, 2.05) is 0 Å². The zero-order valence-electron chi connectivity index (χ0n) is 8.76. The van der Waals surface area contributed by atoms with Crippen molar-refractivity contribution < 1.29 is 8.42 Å². The molecular formula is C9H18N2O2S. The fraction of sp³-hybridized carbons (Fsp3) is 1.00. The molecule has 0 aromatic rings. The van der Waals surface area contributed by atoms with Crippen LogP contribution in [0.1, 0.15) is 26.2 Å². The first-order chi connectivity index (χ1) is 6.39. The molecule has 0 aliphatic heterocycles. The van der Waals surface area contributed by atoms with E-state index in [-0.39, 0.29) is 5.41 Å². The Morgan fingerprint density at radius 3 is 2.29 bits per heavy atom. The molecule has 0 radical (unpaired) electrons. The first kappa shape index (κ1) is 10.4. The zero-order chi connectivity index (χ0) is 10.4. The van der Waals surface area contributed by atoms with Crippen LogP contribution in [0.25, 0.3) is 0 Å². The lowest BCUT2D eigenvalue weighted by Gasteiger charge is -2.71. The molecule has 0 saturated heterocycles. The highest BCUT2D eigenvalue weighted by molar-refractivity contribution is 7.88. The van der Waals surface area contributed by atoms with Gasteiger partial charge in [-0.3, -0.25) is 0 Å². The van der Waals surface area contributed by atoms with Gasteiger partial charge in [-0.15, -0.1) is 0 Å². The molecule has 82 valence electrons. The Bertz CT molecular complexity index is 317. The van der Waals surface area contributed by atoms with Gasteiger partial charge in [-0.2, -0.15) is 0 Å². The third-order valence-corrected chi connectivity index (χ3v) is 4.07. The van der Waals surface area contributed by atoms with Crippen LogP contribution in [0.15, 0.2) is 0 Å². The number of nitrogens with one attached hydrogen (secondary N) is 2. The fourth-order valence-electron chi connectivity index (χ4n) is 3.03. The van der Waals surface area contributed by atoms with E-state index in [1.54, 1.807) is 0 Å². The molecule has 0 aromatic heterocycles. The molecule has 0 amide bonds. The van der Waals surface area contributed by atoms with E-state index in [0.717, 1.165) is 25.8 Å². The van der Waals surface area contributed by atoms with Crippen LogP contribution in [0, 0.1) is 5.41 Å². The van der Waals surface area contributed by atoms with E-state index in [2.05, 4.69) is 17.0 Å². The summed E-state index contributed by atoms with van der Waals surface area (Å²) in [4.78, 5) is 0. The average Bonchev–Trinajstić information content (AvgIpc) is 1.89. The number of sulfonamides is 1. The summed E-state index contributed by atoms with van der Waals surface area (Å²) in [5.74, 6) is 0. The second kappa shape index (κ2) is 2.93. The second-order valence-electron chi connectivity index (χ2n) is 4.93. The number of hydrogen-bond acceptors (Lipinski definition) is 3. The van der Waals surface area contributed by atoms with Gasteiger partial charge in [-0.05, 0) is 31.2 Å². The van der Waals surface area contributed by atoms with Gasteiger partial charge in [0.1, 0.15) is 0 Å². The standard InChI is InChI=1S/C9H18N2O2S/c1-3-10-9-4-8(5-9,6-9)7-11-14(2,12)13/h10-11H,3-7H2,1-2H3. The molecule has 2 N–H and O–H groups in total. The molecule has 4 nitrogen and oxygen atoms in total. The normalized spacial score (nSPS) is 40.1. The van der Waals surface area contributed by atoms with Gasteiger partial charge in [-0.25, -0.2) is 13.1 Å². The van der Waals surface area contributed by atoms with Gasteiger partial charge in [0, 0.05) is 12.1 Å². The van der Waals surface area contributed by atoms with Crippen molar-refractivity contribution in [2.45, 2.75) is 31.7 Å². The smallest absolute Gasteiger partial charge is 0.208 e. The average molecular weight is 218 g/mol. The van der Waals surface area contributed by atoms with Crippen LogP contribution in [-0.4, -0.2) is 33.3 Å². The molecule has 0 atom stereocenters. The van der Waals surface area contributed by atoms with Gasteiger partial charge in [-0.1, -0.05) is 6.92 Å². The Balaban J connectivity index is 1.78. The number of rotatable bonds is 5. The third kappa shape index (κ3) is 1.68. The molecule has 3 aliphatic carbocycles. The fourth-order valence-corrected chi connectivity index (χ4v) is 3.60. The summed E-state index contributed by atoms with van der Waals surface area (Å²) >= 11 is 0. The monoisotopic (exact) mass is 218 g/mol. The molecule has 14 heavy (non-hydrogen) atoms. The van der Waals surface area contributed by atoms with Crippen molar-refractivity contribution in [2.75, 3.05) is 19.3 Å². The van der Waals surface area contributed by atoms with Crippen LogP contribution in [-0.2, 0) is 10.0 Å². The van der Waals surface area contributed by atoms with Crippen molar-refractivity contribution in [3.8, 4) is 0 Å². The van der Waals surface area contributed by atoms with Crippen molar-refractivity contribution in [3.05, 3.63) is 0 Å². The van der Waals surface area contributed by atoms with Crippen molar-refractivity contribution in [1.29, 1.82) is 0 Å². The Morgan fingerprint density at radius 2 is 1.86 bits per heavy atom. The molecule has 0 heterocycles. The van der Waals surface area contributed by atoms with Crippen LogP contribution < -0.4 is 10.0 Å². The zero-order valence-corrected chi connectivity index (χ0v) is 9.58. The van der Waals surface area contributed by atoms with Gasteiger partial charge in [0.25, 0.3) is 0 Å². The topological polar surface area (TPSA) is 58.2 Å². The molecule has 3 aliphatic rings. The van der Waals surface area contributed by atoms with E-state index in [9.17, 15) is 8.42 Å². The van der Waals surface area contributed by atoms with Gasteiger partial charge in [0.05, 0.1) is 6.26 Å². The van der Waals surface area contributed by atoms with E-state index in [1.165, 1.54) is 6.26 Å². The quantitative estimate of drug-likeness (QED) is 0.686. The lowest BCUT2D eigenvalue weighted by Crippen LogP contribution is -2.76. The summed E-state index contributed by atoms with van der Waals surface area (Å²) in [7, 11) is -3.01. The molecule has 0 unspecified atom stereocenters. The molecule has 3 fully saturated rings. The molecule has 3 rings (SSSR count). The van der Waals surface area contributed by atoms with Gasteiger partial charge in [0.15, 0.2) is 0 Å². The largest absolute Gasteiger partial charge is 0.311 e. The summed E-state index contributed by atoms with van der Waals surface area (Å²) in [6.07, 6.45) is 4.63. The maximum atomic E-state index is 10.9. The molecule has 2 bridgehead atoms. The minimum absolute atomic E-state index is 0.283. The molecule has 3 saturated carbocycles. The van der Waals surface area contributed by atoms with E-state index >= 15 is 0 Å². The maximum absolute atomic E-state index is 10.9. The third-order valence-electron chi connectivity index (χ3n) is 3.40. The van der Waals surface area contributed by atoms with Gasteiger partial charge < -0.3 is 5.32 Å². The molecule has 0 aromatic carbocycles. The first-order valence-corrected chi connectivity index (χ1v) is 6.98. The highest BCUT2D eigenvalue weighted by Crippen LogP contribution is 2.66. The minimum atomic E-state index is -3.01. The van der Waals surface area contributed by atoms with Crippen LogP contribution in [0.2, 0.25) is 0 Å².